The smallest absolute Gasteiger partial charge is 0.0681 e. The molecule has 5 heteroatoms. The third-order valence-electron chi connectivity index (χ3n) is 10.8. The maximum atomic E-state index is 2.89. The van der Waals surface area contributed by atoms with Gasteiger partial charge in [0.2, 0.25) is 0 Å². The molecule has 3 aliphatic heterocycles. The second-order valence-electron chi connectivity index (χ2n) is 14.1. The van der Waals surface area contributed by atoms with Crippen LogP contribution in [0.25, 0.3) is 0 Å². The average molecular weight is 614 g/mol. The number of benzene rings is 4. The van der Waals surface area contributed by atoms with Gasteiger partial charge in [-0.3, -0.25) is 0 Å². The number of nitrogens with zero attached hydrogens (tertiary/aromatic N) is 5. The summed E-state index contributed by atoms with van der Waals surface area (Å²) in [5.74, 6) is 0. The molecule has 3 fully saturated rings. The predicted molar refractivity (Wildman–Crippen MR) is 196 cm³/mol. The molecule has 4 aromatic rings. The Labute approximate surface area is 277 Å². The molecule has 3 saturated heterocycles. The van der Waals surface area contributed by atoms with E-state index in [0.29, 0.717) is 24.2 Å². The molecule has 0 N–H and O–H groups in total. The van der Waals surface area contributed by atoms with Crippen LogP contribution in [0.3, 0.4) is 0 Å². The average Bonchev–Trinajstić information content (AvgIpc) is 3.09. The van der Waals surface area contributed by atoms with Crippen LogP contribution in [0, 0.1) is 20.8 Å². The molecule has 3 heterocycles. The Balaban J connectivity index is 1.32. The van der Waals surface area contributed by atoms with Gasteiger partial charge in [-0.05, 0) is 95.6 Å². The van der Waals surface area contributed by atoms with Crippen LogP contribution in [0.15, 0.2) is 103 Å². The summed E-state index contributed by atoms with van der Waals surface area (Å²) in [4.78, 5) is 13.6. The molecule has 4 unspecified atom stereocenters. The van der Waals surface area contributed by atoms with Crippen LogP contribution < -0.4 is 19.6 Å². The lowest BCUT2D eigenvalue weighted by atomic mass is 9.87. The van der Waals surface area contributed by atoms with Crippen LogP contribution in [-0.2, 0) is 0 Å². The Morgan fingerprint density at radius 3 is 1.57 bits per heavy atom. The van der Waals surface area contributed by atoms with E-state index in [9.17, 15) is 0 Å². The molecular weight excluding hydrogens is 562 g/mol. The summed E-state index contributed by atoms with van der Waals surface area (Å²) in [6.45, 7) is 12.9. The minimum atomic E-state index is 0.319. The van der Waals surface area contributed by atoms with Gasteiger partial charge < -0.3 is 24.5 Å². The number of anilines is 4. The summed E-state index contributed by atoms with van der Waals surface area (Å²) >= 11 is 0. The van der Waals surface area contributed by atoms with E-state index in [-0.39, 0.29) is 0 Å². The van der Waals surface area contributed by atoms with E-state index >= 15 is 0 Å². The maximum Gasteiger partial charge on any atom is 0.0681 e. The van der Waals surface area contributed by atoms with Gasteiger partial charge in [0.25, 0.3) is 0 Å². The predicted octanol–water partition coefficient (Wildman–Crippen LogP) is 7.56. The van der Waals surface area contributed by atoms with Gasteiger partial charge in [-0.15, -0.1) is 0 Å². The zero-order chi connectivity index (χ0) is 31.6. The fourth-order valence-corrected chi connectivity index (χ4v) is 8.33. The number of likely N-dealkylation sites (N-methyl/N-ethyl adjacent to an activating group) is 1. The van der Waals surface area contributed by atoms with Crippen molar-refractivity contribution in [2.24, 2.45) is 0 Å². The number of para-hydroxylation sites is 1. The van der Waals surface area contributed by atoms with Crippen LogP contribution >= 0.6 is 0 Å². The van der Waals surface area contributed by atoms with Gasteiger partial charge in [0.15, 0.2) is 0 Å². The molecule has 0 bridgehead atoms. The first-order chi connectivity index (χ1) is 22.4. The van der Waals surface area contributed by atoms with E-state index < -0.39 is 0 Å². The molecule has 7 rings (SSSR count). The summed E-state index contributed by atoms with van der Waals surface area (Å²) in [5, 5.41) is 0. The quantitative estimate of drug-likeness (QED) is 0.223. The van der Waals surface area contributed by atoms with Crippen molar-refractivity contribution in [1.29, 1.82) is 0 Å². The van der Waals surface area contributed by atoms with Crippen LogP contribution in [-0.4, -0.2) is 75.4 Å². The van der Waals surface area contributed by atoms with E-state index in [0.717, 1.165) is 39.3 Å². The number of rotatable bonds is 6. The lowest BCUT2D eigenvalue weighted by Gasteiger charge is -2.58. The van der Waals surface area contributed by atoms with E-state index in [1.807, 2.05) is 0 Å². The lowest BCUT2D eigenvalue weighted by Crippen LogP contribution is -2.72. The number of piperazine rings is 2. The maximum absolute atomic E-state index is 2.89. The van der Waals surface area contributed by atoms with Crippen molar-refractivity contribution in [1.82, 2.24) is 4.90 Å². The van der Waals surface area contributed by atoms with Crippen molar-refractivity contribution in [2.75, 3.05) is 65.9 Å². The number of hydrogen-bond donors (Lipinski definition) is 0. The Hall–Kier alpha value is -3.96. The molecule has 0 saturated carbocycles. The SMILES string of the molecule is Cc1ccc(N2CCCCC2C2CN(C)CC(C3CN(c4ccccc4)CCN3c3ccc(C)cc3)N2c2ccc(C)cc2)cc1. The Morgan fingerprint density at radius 2 is 0.978 bits per heavy atom. The fourth-order valence-electron chi connectivity index (χ4n) is 8.33. The van der Waals surface area contributed by atoms with Crippen molar-refractivity contribution in [2.45, 2.75) is 64.2 Å². The molecule has 0 aromatic heterocycles. The number of hydrogen-bond acceptors (Lipinski definition) is 5. The van der Waals surface area contributed by atoms with Gasteiger partial charge in [0.1, 0.15) is 0 Å². The summed E-state index contributed by atoms with van der Waals surface area (Å²) in [7, 11) is 2.36. The summed E-state index contributed by atoms with van der Waals surface area (Å²) in [6, 6.07) is 40.5. The zero-order valence-corrected chi connectivity index (χ0v) is 28.2. The standard InChI is InChI=1S/C41H51N5/c1-31-13-19-35(20-14-31)44-25-9-8-12-38(44)40-28-42(4)29-41(46(40)37-23-17-33(3)18-24-37)39-30-43(34-10-6-5-7-11-34)26-27-45(39)36-21-15-32(2)16-22-36/h5-7,10-11,13-24,38-41H,8-9,12,25-30H2,1-4H3. The van der Waals surface area contributed by atoms with E-state index in [1.165, 1.54) is 58.7 Å². The minimum Gasteiger partial charge on any atom is -0.368 e. The molecule has 0 radical (unpaired) electrons. The highest BCUT2D eigenvalue weighted by Gasteiger charge is 2.46. The number of aryl methyl sites for hydroxylation is 3. The summed E-state index contributed by atoms with van der Waals surface area (Å²) < 4.78 is 0. The lowest BCUT2D eigenvalue weighted by molar-refractivity contribution is 0.180. The molecular formula is C41H51N5. The summed E-state index contributed by atoms with van der Waals surface area (Å²) in [6.07, 6.45) is 3.78. The first-order valence-electron chi connectivity index (χ1n) is 17.4. The van der Waals surface area contributed by atoms with Crippen molar-refractivity contribution in [3.05, 3.63) is 120 Å². The molecule has 4 atom stereocenters. The second-order valence-corrected chi connectivity index (χ2v) is 14.1. The van der Waals surface area contributed by atoms with Crippen molar-refractivity contribution < 1.29 is 0 Å². The fraction of sp³-hybridized carbons (Fsp3) is 0.415. The second kappa shape index (κ2) is 13.4. The van der Waals surface area contributed by atoms with Crippen LogP contribution in [0.5, 0.6) is 0 Å². The molecule has 5 nitrogen and oxygen atoms in total. The first-order valence-corrected chi connectivity index (χ1v) is 17.4. The largest absolute Gasteiger partial charge is 0.368 e. The number of piperidine rings is 1. The van der Waals surface area contributed by atoms with Gasteiger partial charge in [-0.2, -0.15) is 0 Å². The highest BCUT2D eigenvalue weighted by atomic mass is 15.4. The van der Waals surface area contributed by atoms with E-state index in [4.69, 9.17) is 0 Å². The highest BCUT2D eigenvalue weighted by molar-refractivity contribution is 5.58. The monoisotopic (exact) mass is 613 g/mol. The van der Waals surface area contributed by atoms with Crippen molar-refractivity contribution in [3.63, 3.8) is 0 Å². The highest BCUT2D eigenvalue weighted by Crippen LogP contribution is 2.37. The van der Waals surface area contributed by atoms with Gasteiger partial charge in [0, 0.05) is 62.0 Å². The molecule has 3 aliphatic rings. The Kier molecular flexibility index (Phi) is 8.95. The zero-order valence-electron chi connectivity index (χ0n) is 28.2. The molecule has 240 valence electrons. The normalized spacial score (nSPS) is 24.3. The van der Waals surface area contributed by atoms with Crippen molar-refractivity contribution >= 4 is 22.7 Å². The van der Waals surface area contributed by atoms with Crippen molar-refractivity contribution in [3.8, 4) is 0 Å². The van der Waals surface area contributed by atoms with Gasteiger partial charge in [0.05, 0.1) is 24.2 Å². The summed E-state index contributed by atoms with van der Waals surface area (Å²) in [5.41, 5.74) is 9.37. The van der Waals surface area contributed by atoms with E-state index in [2.05, 4.69) is 155 Å². The topological polar surface area (TPSA) is 16.2 Å². The molecule has 0 amide bonds. The van der Waals surface area contributed by atoms with Gasteiger partial charge >= 0.3 is 0 Å². The first kappa shape index (κ1) is 30.7. The van der Waals surface area contributed by atoms with E-state index in [1.54, 1.807) is 0 Å². The molecule has 0 spiro atoms. The molecule has 4 aromatic carbocycles. The van der Waals surface area contributed by atoms with Crippen LogP contribution in [0.4, 0.5) is 22.7 Å². The van der Waals surface area contributed by atoms with Gasteiger partial charge in [-0.1, -0.05) is 71.3 Å². The Morgan fingerprint density at radius 1 is 0.457 bits per heavy atom. The van der Waals surface area contributed by atoms with Gasteiger partial charge in [-0.25, -0.2) is 0 Å². The Bertz CT molecular complexity index is 1550. The molecule has 0 aliphatic carbocycles. The van der Waals surface area contributed by atoms with Crippen LogP contribution in [0.2, 0.25) is 0 Å². The molecule has 46 heavy (non-hydrogen) atoms. The van der Waals surface area contributed by atoms with Crippen LogP contribution in [0.1, 0.15) is 36.0 Å². The third kappa shape index (κ3) is 6.35. The minimum absolute atomic E-state index is 0.319. The third-order valence-corrected chi connectivity index (χ3v) is 10.8.